The van der Waals surface area contributed by atoms with Crippen molar-refractivity contribution in [1.82, 2.24) is 20.0 Å². The number of guanidine groups is 1. The van der Waals surface area contributed by atoms with E-state index in [1.165, 1.54) is 17.5 Å². The molecule has 0 bridgehead atoms. The number of hydrogen-bond donors (Lipinski definition) is 1. The summed E-state index contributed by atoms with van der Waals surface area (Å²) in [5.41, 5.74) is 3.00. The van der Waals surface area contributed by atoms with Gasteiger partial charge in [-0.3, -0.25) is 14.8 Å². The zero-order valence-corrected chi connectivity index (χ0v) is 16.6. The number of ether oxygens (including phenoxy) is 1. The fourth-order valence-electron chi connectivity index (χ4n) is 4.58. The topological polar surface area (TPSA) is 43.3 Å². The van der Waals surface area contributed by atoms with Gasteiger partial charge in [-0.25, -0.2) is 0 Å². The van der Waals surface area contributed by atoms with Gasteiger partial charge in [0.2, 0.25) is 0 Å². The van der Waals surface area contributed by atoms with Crippen LogP contribution in [0.2, 0.25) is 0 Å². The van der Waals surface area contributed by atoms with Crippen molar-refractivity contribution >= 4 is 5.96 Å². The molecule has 6 nitrogen and oxygen atoms in total. The van der Waals surface area contributed by atoms with E-state index < -0.39 is 0 Å². The quantitative estimate of drug-likeness (QED) is 0.633. The van der Waals surface area contributed by atoms with Crippen LogP contribution in [0.3, 0.4) is 0 Å². The van der Waals surface area contributed by atoms with E-state index in [-0.39, 0.29) is 0 Å². The number of nitrogens with zero attached hydrogens (tertiary/aromatic N) is 4. The van der Waals surface area contributed by atoms with Crippen LogP contribution in [-0.2, 0) is 17.7 Å². The first-order valence-electron chi connectivity index (χ1n) is 10.4. The van der Waals surface area contributed by atoms with E-state index in [1.807, 2.05) is 7.05 Å². The lowest BCUT2D eigenvalue weighted by Crippen LogP contribution is -2.47. The third-order valence-electron chi connectivity index (χ3n) is 6.16. The molecule has 3 heterocycles. The number of aliphatic imine (C=N–C) groups is 1. The average molecular weight is 372 g/mol. The Morgan fingerprint density at radius 1 is 1.15 bits per heavy atom. The van der Waals surface area contributed by atoms with Crippen LogP contribution in [0.25, 0.3) is 0 Å². The normalized spacial score (nSPS) is 24.9. The molecule has 148 valence electrons. The molecule has 1 unspecified atom stereocenters. The molecule has 3 aliphatic heterocycles. The number of rotatable bonds is 4. The maximum absolute atomic E-state index is 5.49. The van der Waals surface area contributed by atoms with Crippen molar-refractivity contribution in [1.29, 1.82) is 0 Å². The Kier molecular flexibility index (Phi) is 6.27. The van der Waals surface area contributed by atoms with Gasteiger partial charge in [0.1, 0.15) is 0 Å². The molecule has 1 aromatic rings. The molecule has 0 spiro atoms. The largest absolute Gasteiger partial charge is 0.379 e. The highest BCUT2D eigenvalue weighted by Gasteiger charge is 2.30. The number of likely N-dealkylation sites (tertiary alicyclic amines) is 1. The summed E-state index contributed by atoms with van der Waals surface area (Å²) in [5.74, 6) is 1.06. The number of fused-ring (bicyclic) bond motifs is 1. The van der Waals surface area contributed by atoms with E-state index in [9.17, 15) is 0 Å². The second kappa shape index (κ2) is 9.04. The second-order valence-electron chi connectivity index (χ2n) is 7.81. The van der Waals surface area contributed by atoms with Gasteiger partial charge in [-0.15, -0.1) is 0 Å². The van der Waals surface area contributed by atoms with Crippen molar-refractivity contribution in [3.8, 4) is 0 Å². The van der Waals surface area contributed by atoms with Crippen LogP contribution in [-0.4, -0.2) is 92.8 Å². The van der Waals surface area contributed by atoms with Crippen LogP contribution in [0.5, 0.6) is 0 Å². The van der Waals surface area contributed by atoms with Crippen LogP contribution in [0.4, 0.5) is 0 Å². The van der Waals surface area contributed by atoms with Gasteiger partial charge in [0.05, 0.1) is 13.2 Å². The molecule has 4 rings (SSSR count). The summed E-state index contributed by atoms with van der Waals surface area (Å²) in [6.45, 7) is 10.3. The first-order valence-corrected chi connectivity index (χ1v) is 10.4. The second-order valence-corrected chi connectivity index (χ2v) is 7.81. The maximum Gasteiger partial charge on any atom is 0.193 e. The average Bonchev–Trinajstić information content (AvgIpc) is 3.22. The number of benzene rings is 1. The summed E-state index contributed by atoms with van der Waals surface area (Å²) in [6, 6.07) is 9.49. The summed E-state index contributed by atoms with van der Waals surface area (Å²) < 4.78 is 5.49. The molecular formula is C21H33N5O. The highest BCUT2D eigenvalue weighted by atomic mass is 16.5. The Bertz CT molecular complexity index is 643. The minimum Gasteiger partial charge on any atom is -0.379 e. The van der Waals surface area contributed by atoms with Crippen LogP contribution in [0.1, 0.15) is 17.5 Å². The van der Waals surface area contributed by atoms with Crippen molar-refractivity contribution in [2.75, 3.05) is 66.1 Å². The summed E-state index contributed by atoms with van der Waals surface area (Å²) in [5, 5.41) is 3.60. The number of morpholine rings is 1. The minimum absolute atomic E-state index is 0.644. The summed E-state index contributed by atoms with van der Waals surface area (Å²) in [7, 11) is 1.90. The number of nitrogens with one attached hydrogen (secondary N) is 1. The lowest BCUT2D eigenvalue weighted by Gasteiger charge is -2.32. The van der Waals surface area contributed by atoms with Crippen molar-refractivity contribution in [3.05, 3.63) is 35.4 Å². The summed E-state index contributed by atoms with van der Waals surface area (Å²) in [6.07, 6.45) is 2.39. The molecule has 0 saturated carbocycles. The molecule has 0 aromatic heterocycles. The third-order valence-corrected chi connectivity index (χ3v) is 6.16. The lowest BCUT2D eigenvalue weighted by molar-refractivity contribution is 0.0195. The molecule has 2 saturated heterocycles. The van der Waals surface area contributed by atoms with Gasteiger partial charge in [-0.1, -0.05) is 24.3 Å². The van der Waals surface area contributed by atoms with Gasteiger partial charge in [-0.05, 0) is 24.0 Å². The molecule has 1 aromatic carbocycles. The molecule has 0 amide bonds. The molecule has 3 aliphatic rings. The molecule has 2 fully saturated rings. The van der Waals surface area contributed by atoms with Gasteiger partial charge in [0, 0.05) is 65.4 Å². The van der Waals surface area contributed by atoms with E-state index in [2.05, 4.69) is 49.3 Å². The lowest BCUT2D eigenvalue weighted by atomic mass is 10.00. The van der Waals surface area contributed by atoms with Gasteiger partial charge in [-0.2, -0.15) is 0 Å². The highest BCUT2D eigenvalue weighted by Crippen LogP contribution is 2.18. The van der Waals surface area contributed by atoms with Gasteiger partial charge in [0.15, 0.2) is 5.96 Å². The zero-order chi connectivity index (χ0) is 18.5. The van der Waals surface area contributed by atoms with Crippen LogP contribution < -0.4 is 5.32 Å². The summed E-state index contributed by atoms with van der Waals surface area (Å²) >= 11 is 0. The van der Waals surface area contributed by atoms with Crippen molar-refractivity contribution in [3.63, 3.8) is 0 Å². The third kappa shape index (κ3) is 4.62. The van der Waals surface area contributed by atoms with E-state index in [4.69, 9.17) is 4.74 Å². The molecule has 0 aliphatic carbocycles. The minimum atomic E-state index is 0.644. The number of hydrogen-bond acceptors (Lipinski definition) is 4. The van der Waals surface area contributed by atoms with Crippen molar-refractivity contribution in [2.24, 2.45) is 4.99 Å². The predicted molar refractivity (Wildman–Crippen MR) is 109 cm³/mol. The van der Waals surface area contributed by atoms with E-state index in [0.29, 0.717) is 6.04 Å². The zero-order valence-electron chi connectivity index (χ0n) is 16.6. The standard InChI is InChI=1S/C21H33N5O/c1-22-21(26-10-7-20(17-26)25-12-14-27-15-13-25)23-8-11-24-9-6-18-4-2-3-5-19(18)16-24/h2-5,20H,6-17H2,1H3,(H,22,23). The summed E-state index contributed by atoms with van der Waals surface area (Å²) in [4.78, 5) is 12.1. The van der Waals surface area contributed by atoms with Gasteiger partial charge < -0.3 is 15.0 Å². The molecule has 6 heteroatoms. The Hall–Kier alpha value is -1.63. The maximum atomic E-state index is 5.49. The van der Waals surface area contributed by atoms with Crippen molar-refractivity contribution in [2.45, 2.75) is 25.4 Å². The van der Waals surface area contributed by atoms with Crippen LogP contribution >= 0.6 is 0 Å². The monoisotopic (exact) mass is 371 g/mol. The Labute approximate surface area is 163 Å². The Balaban J connectivity index is 1.22. The molecule has 1 atom stereocenters. The Morgan fingerprint density at radius 3 is 2.78 bits per heavy atom. The van der Waals surface area contributed by atoms with Gasteiger partial charge in [0.25, 0.3) is 0 Å². The predicted octanol–water partition coefficient (Wildman–Crippen LogP) is 1.03. The highest BCUT2D eigenvalue weighted by molar-refractivity contribution is 5.80. The molecular weight excluding hydrogens is 338 g/mol. The van der Waals surface area contributed by atoms with Crippen LogP contribution in [0.15, 0.2) is 29.3 Å². The fraction of sp³-hybridized carbons (Fsp3) is 0.667. The smallest absolute Gasteiger partial charge is 0.193 e. The molecule has 1 N–H and O–H groups in total. The van der Waals surface area contributed by atoms with E-state index in [0.717, 1.165) is 78.0 Å². The van der Waals surface area contributed by atoms with E-state index in [1.54, 1.807) is 0 Å². The molecule has 27 heavy (non-hydrogen) atoms. The van der Waals surface area contributed by atoms with Gasteiger partial charge >= 0.3 is 0 Å². The van der Waals surface area contributed by atoms with Crippen LogP contribution in [0, 0.1) is 0 Å². The SMILES string of the molecule is CN=C(NCCN1CCc2ccccc2C1)N1CCC(N2CCOCC2)C1. The first-order chi connectivity index (χ1) is 13.3. The fourth-order valence-corrected chi connectivity index (χ4v) is 4.58. The van der Waals surface area contributed by atoms with E-state index >= 15 is 0 Å². The van der Waals surface area contributed by atoms with Crippen molar-refractivity contribution < 1.29 is 4.74 Å². The molecule has 0 radical (unpaired) electrons. The Morgan fingerprint density at radius 2 is 1.96 bits per heavy atom. The first kappa shape index (κ1) is 18.7.